The minimum atomic E-state index is -1.11. The maximum atomic E-state index is 14.5. The smallest absolute Gasteiger partial charge is 0.252 e. The molecule has 1 atom stereocenters. The quantitative estimate of drug-likeness (QED) is 0.692. The Morgan fingerprint density at radius 2 is 2.03 bits per heavy atom. The molecule has 1 fully saturated rings. The number of fused-ring (bicyclic) bond motifs is 1. The van der Waals surface area contributed by atoms with E-state index in [0.29, 0.717) is 18.5 Å². The second kappa shape index (κ2) is 7.02. The van der Waals surface area contributed by atoms with Crippen LogP contribution >= 0.6 is 0 Å². The zero-order chi connectivity index (χ0) is 21.6. The molecule has 1 aliphatic carbocycles. The molecule has 0 spiro atoms. The van der Waals surface area contributed by atoms with Crippen LogP contribution in [0.3, 0.4) is 0 Å². The lowest BCUT2D eigenvalue weighted by Gasteiger charge is -2.21. The highest BCUT2D eigenvalue weighted by molar-refractivity contribution is 5.94. The van der Waals surface area contributed by atoms with Crippen molar-refractivity contribution in [1.82, 2.24) is 15.3 Å². The SMILES string of the molecule is Cc1c(C2(C(=O)N[C@@H](C)c3cccc(C#N)n3)CC2)c(=O)[nH]c2ccc(F)c(F)c12. The first kappa shape index (κ1) is 19.7. The molecule has 0 aliphatic heterocycles. The maximum absolute atomic E-state index is 14.5. The van der Waals surface area contributed by atoms with Crippen LogP contribution in [0.15, 0.2) is 35.1 Å². The van der Waals surface area contributed by atoms with E-state index < -0.39 is 28.7 Å². The van der Waals surface area contributed by atoms with E-state index in [4.69, 9.17) is 5.26 Å². The summed E-state index contributed by atoms with van der Waals surface area (Å²) in [4.78, 5) is 32.7. The number of carbonyl (C=O) groups is 1. The Balaban J connectivity index is 1.73. The maximum Gasteiger partial charge on any atom is 0.252 e. The Labute approximate surface area is 170 Å². The molecule has 2 heterocycles. The first-order chi connectivity index (χ1) is 14.3. The molecule has 1 saturated carbocycles. The molecule has 2 N–H and O–H groups in total. The molecule has 6 nitrogen and oxygen atoms in total. The van der Waals surface area contributed by atoms with E-state index in [1.807, 2.05) is 6.07 Å². The van der Waals surface area contributed by atoms with E-state index in [-0.39, 0.29) is 33.6 Å². The number of hydrogen-bond donors (Lipinski definition) is 2. The summed E-state index contributed by atoms with van der Waals surface area (Å²) in [5, 5.41) is 11.8. The van der Waals surface area contributed by atoms with Crippen LogP contribution in [-0.2, 0) is 10.2 Å². The van der Waals surface area contributed by atoms with Crippen LogP contribution in [0.25, 0.3) is 10.9 Å². The number of amides is 1. The van der Waals surface area contributed by atoms with Gasteiger partial charge in [0.2, 0.25) is 5.91 Å². The fraction of sp³-hybridized carbons (Fsp3) is 0.273. The molecular weight excluding hydrogens is 390 g/mol. The van der Waals surface area contributed by atoms with E-state index in [9.17, 15) is 18.4 Å². The van der Waals surface area contributed by atoms with E-state index in [2.05, 4.69) is 15.3 Å². The molecule has 0 bridgehead atoms. The normalized spacial score (nSPS) is 15.4. The minimum Gasteiger partial charge on any atom is -0.347 e. The number of nitriles is 1. The summed E-state index contributed by atoms with van der Waals surface area (Å²) < 4.78 is 28.2. The molecule has 1 aliphatic rings. The predicted octanol–water partition coefficient (Wildman–Crippen LogP) is 3.29. The van der Waals surface area contributed by atoms with Crippen LogP contribution in [-0.4, -0.2) is 15.9 Å². The largest absolute Gasteiger partial charge is 0.347 e. The van der Waals surface area contributed by atoms with Crippen molar-refractivity contribution in [3.05, 3.63) is 74.8 Å². The minimum absolute atomic E-state index is 0.0277. The number of halogens is 2. The van der Waals surface area contributed by atoms with Crippen molar-refractivity contribution in [1.29, 1.82) is 5.26 Å². The fourth-order valence-electron chi connectivity index (χ4n) is 3.96. The van der Waals surface area contributed by atoms with E-state index in [1.54, 1.807) is 25.1 Å². The molecule has 0 radical (unpaired) electrons. The topological polar surface area (TPSA) is 98.6 Å². The summed E-state index contributed by atoms with van der Waals surface area (Å²) in [7, 11) is 0. The molecule has 0 saturated heterocycles. The Morgan fingerprint density at radius 1 is 1.30 bits per heavy atom. The monoisotopic (exact) mass is 408 g/mol. The van der Waals surface area contributed by atoms with Gasteiger partial charge in [0.1, 0.15) is 11.8 Å². The lowest BCUT2D eigenvalue weighted by Crippen LogP contribution is -2.40. The van der Waals surface area contributed by atoms with Crippen molar-refractivity contribution >= 4 is 16.8 Å². The van der Waals surface area contributed by atoms with Gasteiger partial charge in [-0.15, -0.1) is 0 Å². The zero-order valence-corrected chi connectivity index (χ0v) is 16.3. The third-order valence-corrected chi connectivity index (χ3v) is 5.66. The first-order valence-electron chi connectivity index (χ1n) is 9.47. The van der Waals surface area contributed by atoms with Crippen molar-refractivity contribution in [2.75, 3.05) is 0 Å². The molecule has 0 unspecified atom stereocenters. The van der Waals surface area contributed by atoms with Gasteiger partial charge in [0.25, 0.3) is 5.56 Å². The Bertz CT molecular complexity index is 1290. The molecule has 4 rings (SSSR count). The summed E-state index contributed by atoms with van der Waals surface area (Å²) in [6.07, 6.45) is 0.840. The number of nitrogens with one attached hydrogen (secondary N) is 2. The molecular formula is C22H18F2N4O2. The summed E-state index contributed by atoms with van der Waals surface area (Å²) in [5.74, 6) is -2.46. The summed E-state index contributed by atoms with van der Waals surface area (Å²) in [6.45, 7) is 3.26. The number of aryl methyl sites for hydroxylation is 1. The third kappa shape index (κ3) is 3.03. The number of pyridine rings is 2. The van der Waals surface area contributed by atoms with Crippen LogP contribution in [0.4, 0.5) is 8.78 Å². The summed E-state index contributed by atoms with van der Waals surface area (Å²) >= 11 is 0. The standard InChI is InChI=1S/C22H18F2N4O2/c1-11-17-16(7-6-14(23)19(17)24)28-20(29)18(11)22(8-9-22)21(30)26-12(2)15-5-3-4-13(10-25)27-15/h3-7,12H,8-9H2,1-2H3,(H,26,30)(H,28,29)/t12-/m0/s1. The highest BCUT2D eigenvalue weighted by atomic mass is 19.2. The summed E-state index contributed by atoms with van der Waals surface area (Å²) in [5.41, 5.74) is -0.257. The van der Waals surface area contributed by atoms with Gasteiger partial charge in [-0.2, -0.15) is 5.26 Å². The Kier molecular flexibility index (Phi) is 4.61. The number of rotatable bonds is 4. The number of benzene rings is 1. The number of nitrogens with zero attached hydrogens (tertiary/aromatic N) is 2. The molecule has 3 aromatic rings. The van der Waals surface area contributed by atoms with E-state index in [0.717, 1.165) is 6.07 Å². The van der Waals surface area contributed by atoms with Crippen LogP contribution in [0.5, 0.6) is 0 Å². The lowest BCUT2D eigenvalue weighted by atomic mass is 9.89. The second-order valence-electron chi connectivity index (χ2n) is 7.57. The lowest BCUT2D eigenvalue weighted by molar-refractivity contribution is -0.124. The van der Waals surface area contributed by atoms with Crippen molar-refractivity contribution in [2.45, 2.75) is 38.1 Å². The van der Waals surface area contributed by atoms with Crippen LogP contribution < -0.4 is 10.9 Å². The van der Waals surface area contributed by atoms with Crippen LogP contribution in [0.2, 0.25) is 0 Å². The first-order valence-corrected chi connectivity index (χ1v) is 9.47. The number of aromatic amines is 1. The average molecular weight is 408 g/mol. The van der Waals surface area contributed by atoms with Gasteiger partial charge in [-0.1, -0.05) is 6.07 Å². The molecule has 1 amide bonds. The van der Waals surface area contributed by atoms with Crippen molar-refractivity contribution in [2.24, 2.45) is 0 Å². The van der Waals surface area contributed by atoms with Gasteiger partial charge in [0, 0.05) is 10.9 Å². The highest BCUT2D eigenvalue weighted by Crippen LogP contribution is 2.49. The second-order valence-corrected chi connectivity index (χ2v) is 7.57. The van der Waals surface area contributed by atoms with Crippen molar-refractivity contribution in [3.8, 4) is 6.07 Å². The molecule has 1 aromatic carbocycles. The number of hydrogen-bond acceptors (Lipinski definition) is 4. The van der Waals surface area contributed by atoms with E-state index in [1.165, 1.54) is 13.0 Å². The van der Waals surface area contributed by atoms with Gasteiger partial charge in [-0.25, -0.2) is 13.8 Å². The predicted molar refractivity (Wildman–Crippen MR) is 106 cm³/mol. The van der Waals surface area contributed by atoms with Crippen LogP contribution in [0.1, 0.15) is 48.3 Å². The number of H-pyrrole nitrogens is 1. The highest BCUT2D eigenvalue weighted by Gasteiger charge is 2.54. The van der Waals surface area contributed by atoms with Crippen LogP contribution in [0, 0.1) is 29.9 Å². The van der Waals surface area contributed by atoms with Crippen molar-refractivity contribution in [3.63, 3.8) is 0 Å². The zero-order valence-electron chi connectivity index (χ0n) is 16.3. The molecule has 2 aromatic heterocycles. The van der Waals surface area contributed by atoms with E-state index >= 15 is 0 Å². The van der Waals surface area contributed by atoms with Crippen molar-refractivity contribution < 1.29 is 13.6 Å². The van der Waals surface area contributed by atoms with Gasteiger partial charge in [0.15, 0.2) is 11.6 Å². The number of aromatic nitrogens is 2. The Hall–Kier alpha value is -3.60. The molecule has 8 heteroatoms. The van der Waals surface area contributed by atoms with Gasteiger partial charge in [-0.3, -0.25) is 9.59 Å². The van der Waals surface area contributed by atoms with Gasteiger partial charge < -0.3 is 10.3 Å². The molecule has 152 valence electrons. The third-order valence-electron chi connectivity index (χ3n) is 5.66. The fourth-order valence-corrected chi connectivity index (χ4v) is 3.96. The average Bonchev–Trinajstić information content (AvgIpc) is 3.52. The summed E-state index contributed by atoms with van der Waals surface area (Å²) in [6, 6.07) is 8.64. The van der Waals surface area contributed by atoms with Gasteiger partial charge >= 0.3 is 0 Å². The molecule has 30 heavy (non-hydrogen) atoms. The van der Waals surface area contributed by atoms with Gasteiger partial charge in [0.05, 0.1) is 22.7 Å². The number of carbonyl (C=O) groups excluding carboxylic acids is 1. The van der Waals surface area contributed by atoms with Gasteiger partial charge in [-0.05, 0) is 56.5 Å². The Morgan fingerprint density at radius 3 is 2.70 bits per heavy atom.